The van der Waals surface area contributed by atoms with Crippen LogP contribution in [0.1, 0.15) is 44.6 Å². The largest absolute Gasteiger partial charge is 0.356 e. The Morgan fingerprint density at radius 3 is 2.71 bits per heavy atom. The number of nitrogens with zero attached hydrogens (tertiary/aromatic N) is 2. The second-order valence-electron chi connectivity index (χ2n) is 6.57. The normalized spacial score (nSPS) is 19.3. The molecule has 0 radical (unpaired) electrons. The number of halogens is 1. The summed E-state index contributed by atoms with van der Waals surface area (Å²) < 4.78 is 12.9. The predicted molar refractivity (Wildman–Crippen MR) is 98.7 cm³/mol. The summed E-state index contributed by atoms with van der Waals surface area (Å²) in [6.07, 6.45) is 6.43. The fourth-order valence-corrected chi connectivity index (χ4v) is 3.15. The molecule has 0 spiro atoms. The van der Waals surface area contributed by atoms with E-state index in [-0.39, 0.29) is 5.82 Å². The molecule has 0 aliphatic carbocycles. The highest BCUT2D eigenvalue weighted by atomic mass is 19.1. The molecule has 1 aromatic rings. The van der Waals surface area contributed by atoms with Crippen LogP contribution in [0.5, 0.6) is 0 Å². The highest BCUT2D eigenvalue weighted by Gasteiger charge is 2.16. The standard InChI is InChI=1S/C19H31FN4/c1-16-7-3-5-13-24(16)14-6-4-12-22-19(21-2)23-15-17-8-10-18(20)11-9-17/h8-11,16H,3-7,12-15H2,1-2H3,(H2,21,22,23). The second-order valence-corrected chi connectivity index (χ2v) is 6.57. The highest BCUT2D eigenvalue weighted by molar-refractivity contribution is 5.79. The Bertz CT molecular complexity index is 501. The SMILES string of the molecule is CN=C(NCCCCN1CCCCC1C)NCc1ccc(F)cc1. The lowest BCUT2D eigenvalue weighted by Gasteiger charge is -2.33. The molecule has 1 aliphatic rings. The van der Waals surface area contributed by atoms with Crippen LogP contribution >= 0.6 is 0 Å². The first kappa shape index (κ1) is 18.7. The number of likely N-dealkylation sites (tertiary alicyclic amines) is 1. The van der Waals surface area contributed by atoms with Crippen LogP contribution in [0, 0.1) is 5.82 Å². The van der Waals surface area contributed by atoms with Crippen LogP contribution in [0.25, 0.3) is 0 Å². The summed E-state index contributed by atoms with van der Waals surface area (Å²) in [6.45, 7) is 6.37. The van der Waals surface area contributed by atoms with Gasteiger partial charge in [0.25, 0.3) is 0 Å². The molecule has 2 N–H and O–H groups in total. The van der Waals surface area contributed by atoms with E-state index in [9.17, 15) is 4.39 Å². The van der Waals surface area contributed by atoms with Crippen LogP contribution in [0.15, 0.2) is 29.3 Å². The number of aliphatic imine (C=N–C) groups is 1. The van der Waals surface area contributed by atoms with Gasteiger partial charge in [-0.05, 0) is 63.4 Å². The Kier molecular flexibility index (Phi) is 8.02. The van der Waals surface area contributed by atoms with E-state index in [0.29, 0.717) is 6.54 Å². The topological polar surface area (TPSA) is 39.7 Å². The van der Waals surface area contributed by atoms with Crippen LogP contribution in [-0.4, -0.2) is 43.6 Å². The van der Waals surface area contributed by atoms with E-state index < -0.39 is 0 Å². The Labute approximate surface area is 145 Å². The van der Waals surface area contributed by atoms with E-state index in [1.54, 1.807) is 19.2 Å². The van der Waals surface area contributed by atoms with E-state index >= 15 is 0 Å². The number of guanidine groups is 1. The van der Waals surface area contributed by atoms with Crippen molar-refractivity contribution in [2.24, 2.45) is 4.99 Å². The maximum atomic E-state index is 12.9. The van der Waals surface area contributed by atoms with Gasteiger partial charge in [0.2, 0.25) is 0 Å². The molecule has 1 aromatic carbocycles. The number of unbranched alkanes of at least 4 members (excludes halogenated alkanes) is 1. The molecular weight excluding hydrogens is 303 g/mol. The summed E-state index contributed by atoms with van der Waals surface area (Å²) >= 11 is 0. The third-order valence-corrected chi connectivity index (χ3v) is 4.70. The molecule has 4 nitrogen and oxygen atoms in total. The molecule has 0 aromatic heterocycles. The summed E-state index contributed by atoms with van der Waals surface area (Å²) in [5, 5.41) is 6.60. The van der Waals surface area contributed by atoms with Gasteiger partial charge in [0.15, 0.2) is 5.96 Å². The lowest BCUT2D eigenvalue weighted by molar-refractivity contribution is 0.158. The second kappa shape index (κ2) is 10.3. The smallest absolute Gasteiger partial charge is 0.191 e. The minimum atomic E-state index is -0.204. The lowest BCUT2D eigenvalue weighted by atomic mass is 10.0. The number of nitrogens with one attached hydrogen (secondary N) is 2. The number of hydrogen-bond donors (Lipinski definition) is 2. The molecule has 0 bridgehead atoms. The minimum absolute atomic E-state index is 0.204. The van der Waals surface area contributed by atoms with Gasteiger partial charge >= 0.3 is 0 Å². The highest BCUT2D eigenvalue weighted by Crippen LogP contribution is 2.16. The summed E-state index contributed by atoms with van der Waals surface area (Å²) in [5.74, 6) is 0.593. The predicted octanol–water partition coefficient (Wildman–Crippen LogP) is 3.15. The van der Waals surface area contributed by atoms with E-state index in [0.717, 1.165) is 30.5 Å². The van der Waals surface area contributed by atoms with E-state index in [4.69, 9.17) is 0 Å². The Morgan fingerprint density at radius 2 is 2.00 bits per heavy atom. The molecule has 24 heavy (non-hydrogen) atoms. The van der Waals surface area contributed by atoms with Crippen molar-refractivity contribution in [3.8, 4) is 0 Å². The molecule has 1 fully saturated rings. The van der Waals surface area contributed by atoms with Crippen molar-refractivity contribution in [3.05, 3.63) is 35.6 Å². The summed E-state index contributed by atoms with van der Waals surface area (Å²) in [4.78, 5) is 6.85. The fourth-order valence-electron chi connectivity index (χ4n) is 3.15. The van der Waals surface area contributed by atoms with Crippen molar-refractivity contribution in [3.63, 3.8) is 0 Å². The number of hydrogen-bond acceptors (Lipinski definition) is 2. The van der Waals surface area contributed by atoms with Gasteiger partial charge in [-0.2, -0.15) is 0 Å². The zero-order valence-electron chi connectivity index (χ0n) is 15.0. The monoisotopic (exact) mass is 334 g/mol. The van der Waals surface area contributed by atoms with Gasteiger partial charge in [0, 0.05) is 26.2 Å². The van der Waals surface area contributed by atoms with Crippen molar-refractivity contribution in [2.75, 3.05) is 26.7 Å². The third-order valence-electron chi connectivity index (χ3n) is 4.70. The third kappa shape index (κ3) is 6.48. The molecule has 1 atom stereocenters. The maximum Gasteiger partial charge on any atom is 0.191 e. The van der Waals surface area contributed by atoms with Crippen LogP contribution in [-0.2, 0) is 6.54 Å². The fraction of sp³-hybridized carbons (Fsp3) is 0.632. The van der Waals surface area contributed by atoms with Gasteiger partial charge in [-0.25, -0.2) is 4.39 Å². The van der Waals surface area contributed by atoms with Crippen LogP contribution in [0.4, 0.5) is 4.39 Å². The molecular formula is C19H31FN4. The zero-order chi connectivity index (χ0) is 17.2. The average Bonchev–Trinajstić information content (AvgIpc) is 2.60. The maximum absolute atomic E-state index is 12.9. The molecule has 0 saturated carbocycles. The molecule has 1 heterocycles. The Morgan fingerprint density at radius 1 is 1.21 bits per heavy atom. The molecule has 134 valence electrons. The molecule has 5 heteroatoms. The van der Waals surface area contributed by atoms with Gasteiger partial charge in [0.1, 0.15) is 5.82 Å². The van der Waals surface area contributed by atoms with Crippen LogP contribution < -0.4 is 10.6 Å². The molecule has 1 aliphatic heterocycles. The van der Waals surface area contributed by atoms with Crippen LogP contribution in [0.2, 0.25) is 0 Å². The quantitative estimate of drug-likeness (QED) is 0.457. The molecule has 1 unspecified atom stereocenters. The summed E-state index contributed by atoms with van der Waals surface area (Å²) in [7, 11) is 1.77. The lowest BCUT2D eigenvalue weighted by Crippen LogP contribution is -2.39. The van der Waals surface area contributed by atoms with Crippen LogP contribution in [0.3, 0.4) is 0 Å². The van der Waals surface area contributed by atoms with Gasteiger partial charge in [-0.3, -0.25) is 4.99 Å². The first-order valence-electron chi connectivity index (χ1n) is 9.12. The Hall–Kier alpha value is -1.62. The minimum Gasteiger partial charge on any atom is -0.356 e. The number of rotatable bonds is 7. The first-order chi connectivity index (χ1) is 11.7. The van der Waals surface area contributed by atoms with E-state index in [1.165, 1.54) is 50.9 Å². The Balaban J connectivity index is 1.58. The molecule has 0 amide bonds. The van der Waals surface area contributed by atoms with Crippen molar-refractivity contribution < 1.29 is 4.39 Å². The van der Waals surface area contributed by atoms with Crippen molar-refractivity contribution in [2.45, 2.75) is 51.6 Å². The number of piperidine rings is 1. The first-order valence-corrected chi connectivity index (χ1v) is 9.12. The van der Waals surface area contributed by atoms with Crippen molar-refractivity contribution in [1.82, 2.24) is 15.5 Å². The van der Waals surface area contributed by atoms with Gasteiger partial charge < -0.3 is 15.5 Å². The number of benzene rings is 1. The van der Waals surface area contributed by atoms with Crippen molar-refractivity contribution >= 4 is 5.96 Å². The van der Waals surface area contributed by atoms with Gasteiger partial charge in [-0.1, -0.05) is 18.6 Å². The van der Waals surface area contributed by atoms with Gasteiger partial charge in [0.05, 0.1) is 0 Å². The van der Waals surface area contributed by atoms with E-state index in [2.05, 4.69) is 27.4 Å². The molecule has 2 rings (SSSR count). The zero-order valence-corrected chi connectivity index (χ0v) is 15.0. The van der Waals surface area contributed by atoms with Crippen molar-refractivity contribution in [1.29, 1.82) is 0 Å². The summed E-state index contributed by atoms with van der Waals surface area (Å²) in [6, 6.07) is 7.28. The molecule has 1 saturated heterocycles. The van der Waals surface area contributed by atoms with Gasteiger partial charge in [-0.15, -0.1) is 0 Å². The summed E-state index contributed by atoms with van der Waals surface area (Å²) in [5.41, 5.74) is 1.04. The average molecular weight is 334 g/mol. The van der Waals surface area contributed by atoms with E-state index in [1.807, 2.05) is 0 Å².